The molecule has 0 saturated carbocycles. The first-order valence-corrected chi connectivity index (χ1v) is 10.0. The Morgan fingerprint density at radius 3 is 2.89 bits per heavy atom. The molecule has 2 aromatic heterocycles. The molecule has 0 bridgehead atoms. The van der Waals surface area contributed by atoms with Crippen molar-refractivity contribution in [2.24, 2.45) is 0 Å². The fraction of sp³-hybridized carbons (Fsp3) is 0.100. The van der Waals surface area contributed by atoms with Gasteiger partial charge >= 0.3 is 0 Å². The van der Waals surface area contributed by atoms with Crippen molar-refractivity contribution in [2.45, 2.75) is 6.92 Å². The van der Waals surface area contributed by atoms with Gasteiger partial charge in [-0.3, -0.25) is 10.1 Å². The van der Waals surface area contributed by atoms with Crippen LogP contribution in [0.15, 0.2) is 52.9 Å². The van der Waals surface area contributed by atoms with Crippen LogP contribution in [0.2, 0.25) is 10.0 Å². The number of aromatic nitrogens is 1. The number of furan rings is 1. The molecule has 8 heteroatoms. The van der Waals surface area contributed by atoms with Crippen LogP contribution in [0.3, 0.4) is 0 Å². The highest BCUT2D eigenvalue weighted by atomic mass is 35.5. The molecule has 0 aliphatic heterocycles. The minimum absolute atomic E-state index is 0.153. The first-order chi connectivity index (χ1) is 13.5. The Bertz CT molecular complexity index is 1170. The van der Waals surface area contributed by atoms with Crippen LogP contribution in [-0.2, 0) is 0 Å². The fourth-order valence-electron chi connectivity index (χ4n) is 2.67. The van der Waals surface area contributed by atoms with E-state index in [0.29, 0.717) is 33.1 Å². The van der Waals surface area contributed by atoms with Gasteiger partial charge in [0.25, 0.3) is 5.91 Å². The fourth-order valence-corrected chi connectivity index (χ4v) is 3.96. The second-order valence-electron chi connectivity index (χ2n) is 5.80. The van der Waals surface area contributed by atoms with Crippen LogP contribution in [0.25, 0.3) is 21.5 Å². The van der Waals surface area contributed by atoms with Gasteiger partial charge in [0.15, 0.2) is 10.9 Å². The Morgan fingerprint density at radius 2 is 2.07 bits per heavy atom. The summed E-state index contributed by atoms with van der Waals surface area (Å²) in [6.07, 6.45) is 0. The van der Waals surface area contributed by atoms with Crippen LogP contribution in [0.4, 0.5) is 5.13 Å². The number of rotatable bonds is 5. The van der Waals surface area contributed by atoms with Crippen LogP contribution in [0, 0.1) is 0 Å². The van der Waals surface area contributed by atoms with Gasteiger partial charge in [0.2, 0.25) is 0 Å². The maximum absolute atomic E-state index is 12.5. The van der Waals surface area contributed by atoms with Crippen molar-refractivity contribution in [1.29, 1.82) is 0 Å². The van der Waals surface area contributed by atoms with Crippen molar-refractivity contribution >= 4 is 55.8 Å². The molecule has 142 valence electrons. The van der Waals surface area contributed by atoms with E-state index in [1.54, 1.807) is 30.3 Å². The summed E-state index contributed by atoms with van der Waals surface area (Å²) in [5, 5.41) is 4.04. The summed E-state index contributed by atoms with van der Waals surface area (Å²) in [6, 6.07) is 14.1. The summed E-state index contributed by atoms with van der Waals surface area (Å²) in [4.78, 5) is 17.0. The Kier molecular flexibility index (Phi) is 5.26. The average Bonchev–Trinajstić information content (AvgIpc) is 3.30. The molecule has 1 amide bonds. The van der Waals surface area contributed by atoms with E-state index in [1.807, 2.05) is 25.1 Å². The highest BCUT2D eigenvalue weighted by Gasteiger charge is 2.17. The van der Waals surface area contributed by atoms with Crippen LogP contribution < -0.4 is 10.1 Å². The lowest BCUT2D eigenvalue weighted by atomic mass is 10.2. The summed E-state index contributed by atoms with van der Waals surface area (Å²) in [5.74, 6) is 0.989. The van der Waals surface area contributed by atoms with Crippen molar-refractivity contribution < 1.29 is 13.9 Å². The van der Waals surface area contributed by atoms with E-state index in [4.69, 9.17) is 32.4 Å². The number of hydrogen-bond acceptors (Lipinski definition) is 5. The quantitative estimate of drug-likeness (QED) is 0.390. The molecule has 2 heterocycles. The molecule has 0 radical (unpaired) electrons. The van der Waals surface area contributed by atoms with E-state index in [0.717, 1.165) is 16.0 Å². The van der Waals surface area contributed by atoms with Crippen LogP contribution in [0.5, 0.6) is 5.75 Å². The smallest absolute Gasteiger partial charge is 0.293 e. The zero-order valence-corrected chi connectivity index (χ0v) is 17.0. The number of thiazole rings is 1. The van der Waals surface area contributed by atoms with Crippen molar-refractivity contribution in [3.8, 4) is 17.1 Å². The van der Waals surface area contributed by atoms with Gasteiger partial charge in [0.1, 0.15) is 11.5 Å². The van der Waals surface area contributed by atoms with Gasteiger partial charge in [-0.15, -0.1) is 0 Å². The molecule has 0 saturated heterocycles. The second kappa shape index (κ2) is 7.83. The molecule has 1 N–H and O–H groups in total. The van der Waals surface area contributed by atoms with E-state index in [1.165, 1.54) is 11.3 Å². The van der Waals surface area contributed by atoms with Gasteiger partial charge in [-0.1, -0.05) is 40.6 Å². The minimum Gasteiger partial charge on any atom is -0.494 e. The zero-order valence-electron chi connectivity index (χ0n) is 14.7. The number of halogens is 2. The number of carbonyl (C=O) groups is 1. The number of benzene rings is 2. The monoisotopic (exact) mass is 432 g/mol. The van der Waals surface area contributed by atoms with Crippen LogP contribution in [-0.4, -0.2) is 17.5 Å². The molecule has 4 rings (SSSR count). The maximum Gasteiger partial charge on any atom is 0.293 e. The second-order valence-corrected chi connectivity index (χ2v) is 7.62. The average molecular weight is 433 g/mol. The molecule has 0 unspecified atom stereocenters. The Hall–Kier alpha value is -2.54. The van der Waals surface area contributed by atoms with E-state index in [2.05, 4.69) is 10.3 Å². The SMILES string of the molecule is CCOc1ccc2nc(NC(=O)c3ccc(-c4cccc(Cl)c4Cl)o3)sc2c1. The summed E-state index contributed by atoms with van der Waals surface area (Å²) < 4.78 is 12.1. The molecular formula is C20H14Cl2N2O3S. The molecule has 0 atom stereocenters. The van der Waals surface area contributed by atoms with Crippen molar-refractivity contribution in [3.05, 3.63) is 64.3 Å². The lowest BCUT2D eigenvalue weighted by Crippen LogP contribution is -2.10. The third-order valence-electron chi connectivity index (χ3n) is 3.94. The normalized spacial score (nSPS) is 11.0. The number of nitrogens with one attached hydrogen (secondary N) is 1. The first kappa shape index (κ1) is 18.8. The molecule has 4 aromatic rings. The van der Waals surface area contributed by atoms with Gasteiger partial charge in [-0.25, -0.2) is 4.98 Å². The molecule has 0 fully saturated rings. The van der Waals surface area contributed by atoms with Gasteiger partial charge < -0.3 is 9.15 Å². The van der Waals surface area contributed by atoms with E-state index in [-0.39, 0.29) is 5.76 Å². The largest absolute Gasteiger partial charge is 0.494 e. The van der Waals surface area contributed by atoms with E-state index >= 15 is 0 Å². The number of ether oxygens (including phenoxy) is 1. The van der Waals surface area contributed by atoms with Crippen LogP contribution >= 0.6 is 34.5 Å². The lowest BCUT2D eigenvalue weighted by Gasteiger charge is -2.02. The number of amides is 1. The highest BCUT2D eigenvalue weighted by Crippen LogP contribution is 2.35. The van der Waals surface area contributed by atoms with E-state index < -0.39 is 5.91 Å². The maximum atomic E-state index is 12.5. The van der Waals surface area contributed by atoms with E-state index in [9.17, 15) is 4.79 Å². The highest BCUT2D eigenvalue weighted by molar-refractivity contribution is 7.22. The van der Waals surface area contributed by atoms with Gasteiger partial charge in [-0.05, 0) is 49.4 Å². The Labute approximate surface area is 174 Å². The lowest BCUT2D eigenvalue weighted by molar-refractivity contribution is 0.0997. The topological polar surface area (TPSA) is 64.4 Å². The molecule has 2 aromatic carbocycles. The Balaban J connectivity index is 1.55. The molecule has 0 spiro atoms. The predicted molar refractivity (Wildman–Crippen MR) is 113 cm³/mol. The number of nitrogens with zero attached hydrogens (tertiary/aromatic N) is 1. The predicted octanol–water partition coefficient (Wildman–Crippen LogP) is 6.51. The number of hydrogen-bond donors (Lipinski definition) is 1. The van der Waals surface area contributed by atoms with Crippen molar-refractivity contribution in [3.63, 3.8) is 0 Å². The standard InChI is InChI=1S/C20H14Cl2N2O3S/c1-2-26-11-6-7-14-17(10-11)28-20(23-14)24-19(25)16-9-8-15(27-16)12-4-3-5-13(21)18(12)22/h3-10H,2H2,1H3,(H,23,24,25). The zero-order chi connectivity index (χ0) is 19.7. The van der Waals surface area contributed by atoms with Gasteiger partial charge in [-0.2, -0.15) is 0 Å². The van der Waals surface area contributed by atoms with Crippen molar-refractivity contribution in [1.82, 2.24) is 4.98 Å². The third kappa shape index (κ3) is 3.71. The molecular weight excluding hydrogens is 419 g/mol. The minimum atomic E-state index is -0.395. The Morgan fingerprint density at radius 1 is 1.21 bits per heavy atom. The molecule has 28 heavy (non-hydrogen) atoms. The molecule has 0 aliphatic carbocycles. The summed E-state index contributed by atoms with van der Waals surface area (Å²) in [6.45, 7) is 2.52. The van der Waals surface area contributed by atoms with Crippen LogP contribution in [0.1, 0.15) is 17.5 Å². The summed E-state index contributed by atoms with van der Waals surface area (Å²) in [7, 11) is 0. The summed E-state index contributed by atoms with van der Waals surface area (Å²) >= 11 is 13.6. The molecule has 0 aliphatic rings. The van der Waals surface area contributed by atoms with Gasteiger partial charge in [0.05, 0.1) is 26.9 Å². The van der Waals surface area contributed by atoms with Crippen molar-refractivity contribution in [2.75, 3.05) is 11.9 Å². The number of fused-ring (bicyclic) bond motifs is 1. The summed E-state index contributed by atoms with van der Waals surface area (Å²) in [5.41, 5.74) is 1.41. The molecule has 5 nitrogen and oxygen atoms in total. The first-order valence-electron chi connectivity index (χ1n) is 8.44. The number of anilines is 1. The number of carbonyl (C=O) groups excluding carboxylic acids is 1. The van der Waals surface area contributed by atoms with Gasteiger partial charge in [0, 0.05) is 5.56 Å². The third-order valence-corrected chi connectivity index (χ3v) is 5.69.